The number of halogens is 1. The summed E-state index contributed by atoms with van der Waals surface area (Å²) in [5.41, 5.74) is 0. The van der Waals surface area contributed by atoms with Crippen LogP contribution >= 0.6 is 11.6 Å². The Morgan fingerprint density at radius 2 is 2.41 bits per heavy atom. The topological polar surface area (TPSA) is 53.4 Å². The van der Waals surface area contributed by atoms with Crippen molar-refractivity contribution in [2.45, 2.75) is 31.8 Å². The third-order valence-electron chi connectivity index (χ3n) is 4.17. The molecule has 1 saturated heterocycles. The first-order valence-electron chi connectivity index (χ1n) is 7.88. The second-order valence-corrected chi connectivity index (χ2v) is 6.50. The number of hydrogen-bond donors (Lipinski definition) is 1. The van der Waals surface area contributed by atoms with E-state index in [1.807, 2.05) is 0 Å². The summed E-state index contributed by atoms with van der Waals surface area (Å²) in [7, 11) is 4.26. The second-order valence-electron chi connectivity index (χ2n) is 6.06. The van der Waals surface area contributed by atoms with Crippen LogP contribution in [0.5, 0.6) is 0 Å². The first-order valence-corrected chi connectivity index (χ1v) is 8.26. The molecule has 6 nitrogen and oxygen atoms in total. The van der Waals surface area contributed by atoms with Crippen molar-refractivity contribution in [3.8, 4) is 0 Å². The van der Waals surface area contributed by atoms with Crippen molar-refractivity contribution in [2.75, 3.05) is 40.3 Å². The molecule has 1 aromatic rings. The number of nitrogens with zero attached hydrogens (tertiary/aromatic N) is 4. The highest BCUT2D eigenvalue weighted by molar-refractivity contribution is 6.30. The fraction of sp³-hybridized carbons (Fsp3) is 0.733. The van der Waals surface area contributed by atoms with Gasteiger partial charge in [0.15, 0.2) is 0 Å². The van der Waals surface area contributed by atoms with Crippen LogP contribution in [0.15, 0.2) is 12.4 Å². The van der Waals surface area contributed by atoms with Gasteiger partial charge in [0.25, 0.3) is 0 Å². The van der Waals surface area contributed by atoms with Crippen LogP contribution in [0.4, 0.5) is 0 Å². The van der Waals surface area contributed by atoms with Gasteiger partial charge in [-0.25, -0.2) is 0 Å². The molecule has 2 heterocycles. The van der Waals surface area contributed by atoms with E-state index in [1.165, 1.54) is 6.42 Å². The maximum Gasteiger partial charge on any atom is 0.221 e. The Labute approximate surface area is 137 Å². The molecular weight excluding hydrogens is 302 g/mol. The Hall–Kier alpha value is -1.11. The lowest BCUT2D eigenvalue weighted by Crippen LogP contribution is -2.37. The van der Waals surface area contributed by atoms with E-state index in [0.717, 1.165) is 32.6 Å². The number of likely N-dealkylation sites (tertiary alicyclic amines) is 1. The molecule has 1 aliphatic heterocycles. The molecule has 0 unspecified atom stereocenters. The molecule has 1 amide bonds. The zero-order valence-electron chi connectivity index (χ0n) is 13.5. The summed E-state index contributed by atoms with van der Waals surface area (Å²) in [6.45, 7) is 4.51. The molecule has 1 N–H and O–H groups in total. The number of hydrogen-bond acceptors (Lipinski definition) is 4. The minimum Gasteiger partial charge on any atom is -0.356 e. The van der Waals surface area contributed by atoms with Crippen LogP contribution in [-0.2, 0) is 11.3 Å². The van der Waals surface area contributed by atoms with E-state index in [0.29, 0.717) is 24.0 Å². The summed E-state index contributed by atoms with van der Waals surface area (Å²) in [5, 5.41) is 7.71. The number of aromatic nitrogens is 2. The van der Waals surface area contributed by atoms with E-state index in [-0.39, 0.29) is 5.91 Å². The van der Waals surface area contributed by atoms with Gasteiger partial charge in [-0.3, -0.25) is 9.48 Å². The number of rotatable bonds is 8. The number of amides is 1. The van der Waals surface area contributed by atoms with Crippen LogP contribution in [0, 0.1) is 0 Å². The van der Waals surface area contributed by atoms with Crippen LogP contribution in [0.2, 0.25) is 5.02 Å². The Kier molecular flexibility index (Phi) is 6.67. The van der Waals surface area contributed by atoms with Gasteiger partial charge in [-0.2, -0.15) is 5.10 Å². The molecule has 22 heavy (non-hydrogen) atoms. The fourth-order valence-electron chi connectivity index (χ4n) is 2.75. The van der Waals surface area contributed by atoms with Crippen LogP contribution in [0.1, 0.15) is 19.3 Å². The molecule has 1 aromatic heterocycles. The van der Waals surface area contributed by atoms with Crippen LogP contribution in [0.25, 0.3) is 0 Å². The van der Waals surface area contributed by atoms with Crippen LogP contribution in [0.3, 0.4) is 0 Å². The molecule has 0 spiro atoms. The molecule has 0 saturated carbocycles. The summed E-state index contributed by atoms with van der Waals surface area (Å²) in [5.74, 6) is 0.122. The molecule has 124 valence electrons. The normalized spacial score (nSPS) is 19.0. The number of likely N-dealkylation sites (N-methyl/N-ethyl adjacent to an activating group) is 2. The van der Waals surface area contributed by atoms with Gasteiger partial charge in [0, 0.05) is 44.8 Å². The fourth-order valence-corrected chi connectivity index (χ4v) is 2.91. The van der Waals surface area contributed by atoms with Crippen LogP contribution < -0.4 is 5.32 Å². The Bertz CT molecular complexity index is 478. The lowest BCUT2D eigenvalue weighted by Gasteiger charge is -2.23. The van der Waals surface area contributed by atoms with E-state index in [9.17, 15) is 4.79 Å². The van der Waals surface area contributed by atoms with E-state index in [2.05, 4.69) is 34.3 Å². The van der Waals surface area contributed by atoms with Crippen molar-refractivity contribution in [2.24, 2.45) is 0 Å². The molecule has 0 aliphatic carbocycles. The molecule has 0 aromatic carbocycles. The molecular formula is C15H26ClN5O. The SMILES string of the molecule is CN1CC[C@H](N(C)CCC(=O)NCCCn2cc(Cl)cn2)C1. The standard InChI is InChI=1S/C15H26ClN5O/c1-19-8-4-14(12-19)20(2)9-5-15(22)17-6-3-7-21-11-13(16)10-18-21/h10-11,14H,3-9,12H2,1-2H3,(H,17,22)/t14-/m0/s1. The lowest BCUT2D eigenvalue weighted by molar-refractivity contribution is -0.121. The highest BCUT2D eigenvalue weighted by atomic mass is 35.5. The van der Waals surface area contributed by atoms with Gasteiger partial charge in [0.05, 0.1) is 11.2 Å². The Balaban J connectivity index is 1.54. The number of nitrogens with one attached hydrogen (secondary N) is 1. The zero-order valence-corrected chi connectivity index (χ0v) is 14.2. The quantitative estimate of drug-likeness (QED) is 0.726. The molecule has 1 aliphatic rings. The molecule has 2 rings (SSSR count). The van der Waals surface area contributed by atoms with Gasteiger partial charge >= 0.3 is 0 Å². The minimum absolute atomic E-state index is 0.122. The van der Waals surface area contributed by atoms with Crippen molar-refractivity contribution >= 4 is 17.5 Å². The van der Waals surface area contributed by atoms with Gasteiger partial charge in [0.1, 0.15) is 0 Å². The van der Waals surface area contributed by atoms with Crippen molar-refractivity contribution < 1.29 is 4.79 Å². The van der Waals surface area contributed by atoms with E-state index in [1.54, 1.807) is 17.1 Å². The summed E-state index contributed by atoms with van der Waals surface area (Å²) in [4.78, 5) is 16.5. The Morgan fingerprint density at radius 1 is 1.59 bits per heavy atom. The maximum atomic E-state index is 11.9. The second kappa shape index (κ2) is 8.50. The number of aryl methyl sites for hydroxylation is 1. The highest BCUT2D eigenvalue weighted by Crippen LogP contribution is 2.12. The maximum absolute atomic E-state index is 11.9. The first kappa shape index (κ1) is 17.2. The summed E-state index contributed by atoms with van der Waals surface area (Å²) in [6.07, 6.45) is 6.02. The van der Waals surface area contributed by atoms with Gasteiger partial charge in [-0.05, 0) is 33.5 Å². The first-order chi connectivity index (χ1) is 10.5. The van der Waals surface area contributed by atoms with E-state index in [4.69, 9.17) is 11.6 Å². The summed E-state index contributed by atoms with van der Waals surface area (Å²) in [6, 6.07) is 0.586. The minimum atomic E-state index is 0.122. The predicted molar refractivity (Wildman–Crippen MR) is 88.0 cm³/mol. The average Bonchev–Trinajstić information content (AvgIpc) is 3.10. The molecule has 0 bridgehead atoms. The van der Waals surface area contributed by atoms with Gasteiger partial charge in [-0.1, -0.05) is 11.6 Å². The zero-order chi connectivity index (χ0) is 15.9. The Morgan fingerprint density at radius 3 is 3.05 bits per heavy atom. The monoisotopic (exact) mass is 327 g/mol. The number of carbonyl (C=O) groups is 1. The smallest absolute Gasteiger partial charge is 0.221 e. The van der Waals surface area contributed by atoms with Crippen LogP contribution in [-0.4, -0.2) is 71.8 Å². The summed E-state index contributed by atoms with van der Waals surface area (Å²) >= 11 is 5.80. The summed E-state index contributed by atoms with van der Waals surface area (Å²) < 4.78 is 1.79. The highest BCUT2D eigenvalue weighted by Gasteiger charge is 2.23. The average molecular weight is 328 g/mol. The van der Waals surface area contributed by atoms with Crippen molar-refractivity contribution in [3.05, 3.63) is 17.4 Å². The van der Waals surface area contributed by atoms with E-state index < -0.39 is 0 Å². The molecule has 0 radical (unpaired) electrons. The third-order valence-corrected chi connectivity index (χ3v) is 4.36. The van der Waals surface area contributed by atoms with Gasteiger partial charge < -0.3 is 15.1 Å². The predicted octanol–water partition coefficient (Wildman–Crippen LogP) is 1.07. The van der Waals surface area contributed by atoms with E-state index >= 15 is 0 Å². The molecule has 7 heteroatoms. The van der Waals surface area contributed by atoms with Gasteiger partial charge in [-0.15, -0.1) is 0 Å². The van der Waals surface area contributed by atoms with Crippen molar-refractivity contribution in [1.29, 1.82) is 0 Å². The molecule has 1 atom stereocenters. The molecule has 1 fully saturated rings. The number of carbonyl (C=O) groups excluding carboxylic acids is 1. The van der Waals surface area contributed by atoms with Crippen molar-refractivity contribution in [1.82, 2.24) is 24.9 Å². The van der Waals surface area contributed by atoms with Crippen molar-refractivity contribution in [3.63, 3.8) is 0 Å². The van der Waals surface area contributed by atoms with Gasteiger partial charge in [0.2, 0.25) is 5.91 Å². The lowest BCUT2D eigenvalue weighted by atomic mass is 10.2. The third kappa shape index (κ3) is 5.59. The largest absolute Gasteiger partial charge is 0.356 e.